The van der Waals surface area contributed by atoms with Crippen LogP contribution in [-0.2, 0) is 146 Å². The van der Waals surface area contributed by atoms with E-state index < -0.39 is 109 Å². The molecule has 518 valence electrons. The molecule has 6 aliphatic heterocycles. The molecule has 0 saturated carbocycles. The van der Waals surface area contributed by atoms with E-state index in [1.807, 2.05) is 91.9 Å². The molecule has 97 heavy (non-hydrogen) atoms. The van der Waals surface area contributed by atoms with Crippen LogP contribution in [0.15, 0.2) is 103 Å². The van der Waals surface area contributed by atoms with Crippen LogP contribution in [0.2, 0.25) is 0 Å². The molecule has 4 aromatic carbocycles. The first kappa shape index (κ1) is 75.9. The molecular formula is C64H65FN2O30. The third kappa shape index (κ3) is 28.6. The highest BCUT2D eigenvalue weighted by atomic mass is 19.1. The molecule has 0 spiro atoms. The van der Waals surface area contributed by atoms with Crippen molar-refractivity contribution in [1.29, 1.82) is 10.5 Å². The number of hydrogen-bond donors (Lipinski definition) is 0. The topological polar surface area (TPSA) is 419 Å². The number of nitriles is 2. The monoisotopic (exact) mass is 1360 g/mol. The van der Waals surface area contributed by atoms with Gasteiger partial charge in [-0.1, -0.05) is 117 Å². The number of benzene rings is 4. The van der Waals surface area contributed by atoms with E-state index in [1.165, 1.54) is 29.8 Å². The molecule has 0 aromatic heterocycles. The Bertz CT molecular complexity index is 3330. The van der Waals surface area contributed by atoms with E-state index in [9.17, 15) is 61.9 Å². The van der Waals surface area contributed by atoms with Gasteiger partial charge in [0, 0.05) is 6.42 Å². The largest absolute Gasteiger partial charge is 0.509 e. The molecule has 0 radical (unpaired) electrons. The summed E-state index contributed by atoms with van der Waals surface area (Å²) in [4.78, 5) is 131. The Morgan fingerprint density at radius 1 is 0.402 bits per heavy atom. The van der Waals surface area contributed by atoms with E-state index in [4.69, 9.17) is 34.2 Å². The van der Waals surface area contributed by atoms with E-state index in [2.05, 4.69) is 82.4 Å². The molecule has 6 fully saturated rings. The Morgan fingerprint density at radius 2 is 0.680 bits per heavy atom. The number of hydrogen-bond acceptors (Lipinski definition) is 32. The minimum atomic E-state index is -1.01. The Hall–Kier alpha value is -11.8. The second-order valence-electron chi connectivity index (χ2n) is 21.0. The van der Waals surface area contributed by atoms with Crippen molar-refractivity contribution in [3.05, 3.63) is 142 Å². The fourth-order valence-electron chi connectivity index (χ4n) is 7.30. The number of carbonyl (C=O) groups is 12. The molecule has 0 aliphatic carbocycles. The van der Waals surface area contributed by atoms with E-state index in [0.717, 1.165) is 22.3 Å². The van der Waals surface area contributed by atoms with E-state index >= 15 is 0 Å². The first-order chi connectivity index (χ1) is 46.4. The summed E-state index contributed by atoms with van der Waals surface area (Å²) in [5.41, 5.74) is 5.73. The van der Waals surface area contributed by atoms with Gasteiger partial charge < -0.3 is 85.3 Å². The van der Waals surface area contributed by atoms with Gasteiger partial charge in [-0.05, 0) is 58.7 Å². The van der Waals surface area contributed by atoms with Crippen molar-refractivity contribution >= 4 is 72.7 Å². The summed E-state index contributed by atoms with van der Waals surface area (Å²) in [7, 11) is 0. The Kier molecular flexibility index (Phi) is 31.1. The van der Waals surface area contributed by atoms with E-state index in [-0.39, 0.29) is 96.9 Å². The number of aryl methyl sites for hydroxylation is 1. The predicted octanol–water partition coefficient (Wildman–Crippen LogP) is 7.15. The van der Waals surface area contributed by atoms with E-state index in [0.29, 0.717) is 18.4 Å². The lowest BCUT2D eigenvalue weighted by Gasteiger charge is -2.19. The summed E-state index contributed by atoms with van der Waals surface area (Å²) in [6.07, 6.45) is -9.95. The zero-order valence-corrected chi connectivity index (χ0v) is 52.4. The number of ether oxygens (including phenoxy) is 18. The van der Waals surface area contributed by atoms with Gasteiger partial charge in [0.2, 0.25) is 36.6 Å². The molecule has 6 aliphatic rings. The SMILES string of the molecule is CC(C)(C)c1ccc(COC(=O)C2COC(=O)O2)cc1.Cc1ccc(COC(=O)C2COC(=O)O2)cc1.N#CCCCOC(=O)C1COC(=O)O1.N#CCCOC(=O)C1COC(=O)O1.O=C1OCC(C(=O)OCc2ccc(F)cc2)O1.O=C1OCC(C(=O)OCc2ccccc2)O1. The summed E-state index contributed by atoms with van der Waals surface area (Å²) in [6.45, 7) is 8.41. The van der Waals surface area contributed by atoms with Gasteiger partial charge in [0.05, 0.1) is 25.2 Å². The summed E-state index contributed by atoms with van der Waals surface area (Å²) in [5, 5.41) is 16.3. The number of unbranched alkanes of at least 4 members (excludes halogenated alkanes) is 1. The van der Waals surface area contributed by atoms with Crippen molar-refractivity contribution in [3.63, 3.8) is 0 Å². The van der Waals surface area contributed by atoms with Gasteiger partial charge in [-0.3, -0.25) is 0 Å². The number of halogens is 1. The molecule has 4 aromatic rings. The van der Waals surface area contributed by atoms with Crippen LogP contribution in [0.3, 0.4) is 0 Å². The van der Waals surface area contributed by atoms with Crippen molar-refractivity contribution in [2.24, 2.45) is 0 Å². The first-order valence-corrected chi connectivity index (χ1v) is 29.1. The smallest absolute Gasteiger partial charge is 0.463 e. The third-order valence-electron chi connectivity index (χ3n) is 12.5. The summed E-state index contributed by atoms with van der Waals surface area (Å²) >= 11 is 0. The summed E-state index contributed by atoms with van der Waals surface area (Å²) < 4.78 is 95.8. The highest BCUT2D eigenvalue weighted by Crippen LogP contribution is 2.23. The maximum absolute atomic E-state index is 12.6. The number of nitrogens with zero attached hydrogens (tertiary/aromatic N) is 2. The Labute approximate surface area is 551 Å². The van der Waals surface area contributed by atoms with Crippen LogP contribution >= 0.6 is 0 Å². The van der Waals surface area contributed by atoms with Crippen molar-refractivity contribution in [2.45, 2.75) is 115 Å². The summed E-state index contributed by atoms with van der Waals surface area (Å²) in [5.74, 6) is -4.12. The zero-order valence-electron chi connectivity index (χ0n) is 52.4. The van der Waals surface area contributed by atoms with Crippen molar-refractivity contribution < 1.29 is 147 Å². The highest BCUT2D eigenvalue weighted by molar-refractivity contribution is 5.82. The molecule has 0 bridgehead atoms. The van der Waals surface area contributed by atoms with Crippen LogP contribution in [0, 0.1) is 35.4 Å². The maximum Gasteiger partial charge on any atom is 0.509 e. The van der Waals surface area contributed by atoms with Crippen LogP contribution in [0.25, 0.3) is 0 Å². The molecule has 6 heterocycles. The molecule has 33 heteroatoms. The number of esters is 6. The van der Waals surface area contributed by atoms with Crippen molar-refractivity contribution in [3.8, 4) is 12.1 Å². The number of carbonyl (C=O) groups excluding carboxylic acids is 12. The fraction of sp³-hybridized carbons (Fsp3) is 0.406. The number of rotatable bonds is 19. The third-order valence-corrected chi connectivity index (χ3v) is 12.5. The second-order valence-corrected chi connectivity index (χ2v) is 21.0. The molecular weight excluding hydrogens is 1300 g/mol. The molecule has 6 unspecified atom stereocenters. The lowest BCUT2D eigenvalue weighted by molar-refractivity contribution is -0.153. The molecule has 0 amide bonds. The van der Waals surface area contributed by atoms with Gasteiger partial charge in [-0.15, -0.1) is 0 Å². The maximum atomic E-state index is 12.6. The van der Waals surface area contributed by atoms with Crippen LogP contribution in [0.4, 0.5) is 33.2 Å². The Morgan fingerprint density at radius 3 is 0.969 bits per heavy atom. The number of cyclic esters (lactones) is 12. The van der Waals surface area contributed by atoms with Crippen LogP contribution in [0.1, 0.15) is 73.4 Å². The molecule has 6 saturated heterocycles. The van der Waals surface area contributed by atoms with Gasteiger partial charge in [0.25, 0.3) is 0 Å². The Balaban J connectivity index is 0.000000211. The average molecular weight is 1360 g/mol. The van der Waals surface area contributed by atoms with Gasteiger partial charge >= 0.3 is 72.7 Å². The average Bonchev–Trinajstić information content (AvgIpc) is 1.72. The second kappa shape index (κ2) is 39.7. The van der Waals surface area contributed by atoms with Crippen molar-refractivity contribution in [1.82, 2.24) is 0 Å². The van der Waals surface area contributed by atoms with Crippen LogP contribution in [0.5, 0.6) is 0 Å². The van der Waals surface area contributed by atoms with Gasteiger partial charge in [-0.2, -0.15) is 10.5 Å². The highest BCUT2D eigenvalue weighted by Gasteiger charge is 2.37. The van der Waals surface area contributed by atoms with E-state index in [1.54, 1.807) is 6.07 Å². The summed E-state index contributed by atoms with van der Waals surface area (Å²) in [6, 6.07) is 34.0. The van der Waals surface area contributed by atoms with Gasteiger partial charge in [0.1, 0.15) is 78.5 Å². The molecule has 0 N–H and O–H groups in total. The van der Waals surface area contributed by atoms with Crippen LogP contribution < -0.4 is 0 Å². The lowest BCUT2D eigenvalue weighted by Crippen LogP contribution is -2.25. The predicted molar refractivity (Wildman–Crippen MR) is 313 cm³/mol. The molecule has 10 rings (SSSR count). The van der Waals surface area contributed by atoms with Crippen molar-refractivity contribution in [2.75, 3.05) is 52.9 Å². The van der Waals surface area contributed by atoms with Gasteiger partial charge in [-0.25, -0.2) is 61.9 Å². The normalized spacial score (nSPS) is 18.8. The van der Waals surface area contributed by atoms with Crippen LogP contribution in [-0.4, -0.2) is 162 Å². The van der Waals surface area contributed by atoms with Gasteiger partial charge in [0.15, 0.2) is 0 Å². The molecule has 32 nitrogen and oxygen atoms in total. The minimum Gasteiger partial charge on any atom is -0.463 e. The fourth-order valence-corrected chi connectivity index (χ4v) is 7.30. The quantitative estimate of drug-likeness (QED) is 0.0510. The zero-order chi connectivity index (χ0) is 70.7. The lowest BCUT2D eigenvalue weighted by atomic mass is 9.87. The minimum absolute atomic E-state index is 0.00336. The first-order valence-electron chi connectivity index (χ1n) is 29.1. The standard InChI is InChI=1S/C15H18O5.C12H12O5.C11H9FO5.C11H10O5.C8H9NO5.C7H7NO5/c1-15(2,3)11-6-4-10(5-7-11)8-18-13(16)12-9-19-14(17)20-12;1-8-2-4-9(5-3-8)6-15-11(13)10-7-16-12(14)17-10;12-8-3-1-7(2-4-8)5-15-10(13)9-6-16-11(14)17-9;12-10(9-7-15-11(13)16-9)14-6-8-4-2-1-3-5-8;9-3-1-2-4-12-7(10)6-5-13-8(11)14-6;8-2-1-3-11-6(9)5-4-12-7(10)13-5/h4-7,12H,8-9H2,1-3H3;2-5,10H,6-7H2,1H3;1-4,9H,5-6H2;1-5,9H,6-7H2;6H,1-2,4-5H2;5H,1,3-4H2. The molecule has 6 atom stereocenters.